The maximum atomic E-state index is 4.37. The molecule has 0 atom stereocenters. The standard InChI is InChI=1S/C15H16N4/c1-2-5-15-14(4-1)13(6-8-17-15)12-16-9-11-19-10-3-7-18-19/h1-8,10,16H,9,11-12H2. The zero-order chi connectivity index (χ0) is 12.9. The summed E-state index contributed by atoms with van der Waals surface area (Å²) in [7, 11) is 0. The van der Waals surface area contributed by atoms with Crippen LogP contribution in [-0.4, -0.2) is 21.3 Å². The Morgan fingerprint density at radius 2 is 2.00 bits per heavy atom. The van der Waals surface area contributed by atoms with E-state index in [2.05, 4.69) is 33.6 Å². The molecule has 2 aromatic heterocycles. The first-order valence-corrected chi connectivity index (χ1v) is 6.44. The maximum Gasteiger partial charge on any atom is 0.0705 e. The molecule has 1 N–H and O–H groups in total. The molecule has 0 radical (unpaired) electrons. The highest BCUT2D eigenvalue weighted by atomic mass is 15.3. The van der Waals surface area contributed by atoms with Gasteiger partial charge in [0.1, 0.15) is 0 Å². The highest BCUT2D eigenvalue weighted by Gasteiger charge is 2.00. The zero-order valence-electron chi connectivity index (χ0n) is 10.7. The zero-order valence-corrected chi connectivity index (χ0v) is 10.7. The van der Waals surface area contributed by atoms with Crippen LogP contribution in [-0.2, 0) is 13.1 Å². The summed E-state index contributed by atoms with van der Waals surface area (Å²) in [6, 6.07) is 12.2. The fourth-order valence-corrected chi connectivity index (χ4v) is 2.16. The van der Waals surface area contributed by atoms with Gasteiger partial charge in [-0.25, -0.2) is 0 Å². The normalized spacial score (nSPS) is 10.9. The van der Waals surface area contributed by atoms with E-state index in [0.717, 1.165) is 25.2 Å². The van der Waals surface area contributed by atoms with Gasteiger partial charge in [-0.2, -0.15) is 5.10 Å². The summed E-state index contributed by atoms with van der Waals surface area (Å²) in [5.74, 6) is 0. The van der Waals surface area contributed by atoms with E-state index in [1.807, 2.05) is 35.3 Å². The van der Waals surface area contributed by atoms with E-state index in [1.54, 1.807) is 6.20 Å². The van der Waals surface area contributed by atoms with E-state index in [9.17, 15) is 0 Å². The second-order valence-electron chi connectivity index (χ2n) is 4.43. The second kappa shape index (κ2) is 5.63. The highest BCUT2D eigenvalue weighted by molar-refractivity contribution is 5.81. The Kier molecular flexibility index (Phi) is 3.51. The molecule has 3 rings (SSSR count). The molecule has 4 nitrogen and oxygen atoms in total. The van der Waals surface area contributed by atoms with Gasteiger partial charge in [0.25, 0.3) is 0 Å². The molecular formula is C15H16N4. The summed E-state index contributed by atoms with van der Waals surface area (Å²) in [5, 5.41) is 8.84. The van der Waals surface area contributed by atoms with Crippen LogP contribution in [0.15, 0.2) is 55.0 Å². The van der Waals surface area contributed by atoms with E-state index in [1.165, 1.54) is 10.9 Å². The molecule has 0 aliphatic carbocycles. The van der Waals surface area contributed by atoms with Crippen molar-refractivity contribution >= 4 is 10.9 Å². The van der Waals surface area contributed by atoms with Crippen LogP contribution < -0.4 is 5.32 Å². The molecule has 0 amide bonds. The molecule has 0 unspecified atom stereocenters. The lowest BCUT2D eigenvalue weighted by atomic mass is 10.1. The van der Waals surface area contributed by atoms with Crippen LogP contribution in [0.4, 0.5) is 0 Å². The van der Waals surface area contributed by atoms with Crippen molar-refractivity contribution in [3.8, 4) is 0 Å². The van der Waals surface area contributed by atoms with Crippen LogP contribution in [0.3, 0.4) is 0 Å². The number of fused-ring (bicyclic) bond motifs is 1. The molecule has 2 heterocycles. The van der Waals surface area contributed by atoms with Crippen LogP contribution in [0.1, 0.15) is 5.56 Å². The Balaban J connectivity index is 1.62. The summed E-state index contributed by atoms with van der Waals surface area (Å²) in [6.45, 7) is 2.64. The molecule has 96 valence electrons. The molecule has 0 spiro atoms. The minimum Gasteiger partial charge on any atom is -0.311 e. The predicted molar refractivity (Wildman–Crippen MR) is 75.7 cm³/mol. The van der Waals surface area contributed by atoms with Crippen molar-refractivity contribution in [3.63, 3.8) is 0 Å². The minimum atomic E-state index is 0.851. The van der Waals surface area contributed by atoms with E-state index < -0.39 is 0 Å². The smallest absolute Gasteiger partial charge is 0.0705 e. The van der Waals surface area contributed by atoms with E-state index >= 15 is 0 Å². The topological polar surface area (TPSA) is 42.7 Å². The van der Waals surface area contributed by atoms with Crippen molar-refractivity contribution in [2.24, 2.45) is 0 Å². The third-order valence-electron chi connectivity index (χ3n) is 3.13. The molecule has 4 heteroatoms. The number of para-hydroxylation sites is 1. The van der Waals surface area contributed by atoms with Crippen LogP contribution in [0.5, 0.6) is 0 Å². The van der Waals surface area contributed by atoms with Gasteiger partial charge in [-0.15, -0.1) is 0 Å². The average molecular weight is 252 g/mol. The van der Waals surface area contributed by atoms with Gasteiger partial charge in [0.05, 0.1) is 12.1 Å². The Hall–Kier alpha value is -2.20. The molecule has 0 bridgehead atoms. The number of aromatic nitrogens is 3. The number of nitrogens with one attached hydrogen (secondary N) is 1. The number of pyridine rings is 1. The Morgan fingerprint density at radius 3 is 2.89 bits per heavy atom. The lowest BCUT2D eigenvalue weighted by Gasteiger charge is -2.08. The largest absolute Gasteiger partial charge is 0.311 e. The van der Waals surface area contributed by atoms with Crippen molar-refractivity contribution in [2.75, 3.05) is 6.54 Å². The van der Waals surface area contributed by atoms with Gasteiger partial charge in [-0.05, 0) is 23.8 Å². The van der Waals surface area contributed by atoms with Crippen LogP contribution in [0.2, 0.25) is 0 Å². The van der Waals surface area contributed by atoms with Crippen molar-refractivity contribution in [3.05, 3.63) is 60.6 Å². The summed E-state index contributed by atoms with van der Waals surface area (Å²) in [4.78, 5) is 4.37. The Morgan fingerprint density at radius 1 is 1.05 bits per heavy atom. The molecule has 0 aliphatic heterocycles. The first-order chi connectivity index (χ1) is 9.43. The minimum absolute atomic E-state index is 0.851. The summed E-state index contributed by atoms with van der Waals surface area (Å²) >= 11 is 0. The fraction of sp³-hybridized carbons (Fsp3) is 0.200. The van der Waals surface area contributed by atoms with Crippen molar-refractivity contribution in [2.45, 2.75) is 13.1 Å². The highest BCUT2D eigenvalue weighted by Crippen LogP contribution is 2.15. The molecular weight excluding hydrogens is 236 g/mol. The molecule has 3 aromatic rings. The van der Waals surface area contributed by atoms with Crippen molar-refractivity contribution < 1.29 is 0 Å². The molecule has 0 saturated heterocycles. The monoisotopic (exact) mass is 252 g/mol. The number of nitrogens with zero attached hydrogens (tertiary/aromatic N) is 3. The Bertz CT molecular complexity index is 641. The number of rotatable bonds is 5. The molecule has 0 saturated carbocycles. The van der Waals surface area contributed by atoms with Crippen molar-refractivity contribution in [1.82, 2.24) is 20.1 Å². The van der Waals surface area contributed by atoms with Gasteiger partial charge in [-0.1, -0.05) is 18.2 Å². The molecule has 1 aromatic carbocycles. The van der Waals surface area contributed by atoms with E-state index in [-0.39, 0.29) is 0 Å². The van der Waals surface area contributed by atoms with Gasteiger partial charge in [-0.3, -0.25) is 9.67 Å². The number of hydrogen-bond acceptors (Lipinski definition) is 3. The second-order valence-corrected chi connectivity index (χ2v) is 4.43. The summed E-state index contributed by atoms with van der Waals surface area (Å²) < 4.78 is 1.93. The molecule has 0 aliphatic rings. The first kappa shape index (κ1) is 11.9. The van der Waals surface area contributed by atoms with Gasteiger partial charge in [0.15, 0.2) is 0 Å². The van der Waals surface area contributed by atoms with E-state index in [4.69, 9.17) is 0 Å². The SMILES string of the molecule is c1ccc2c(CNCCn3cccn3)ccnc2c1. The van der Waals surface area contributed by atoms with Crippen LogP contribution >= 0.6 is 0 Å². The quantitative estimate of drug-likeness (QED) is 0.708. The van der Waals surface area contributed by atoms with Gasteiger partial charge in [0.2, 0.25) is 0 Å². The lowest BCUT2D eigenvalue weighted by Crippen LogP contribution is -2.19. The Labute approximate surface area is 112 Å². The van der Waals surface area contributed by atoms with E-state index in [0.29, 0.717) is 0 Å². The first-order valence-electron chi connectivity index (χ1n) is 6.44. The van der Waals surface area contributed by atoms with Crippen molar-refractivity contribution in [1.29, 1.82) is 0 Å². The number of benzene rings is 1. The van der Waals surface area contributed by atoms with Gasteiger partial charge >= 0.3 is 0 Å². The van der Waals surface area contributed by atoms with Gasteiger partial charge in [0, 0.05) is 37.1 Å². The molecule has 0 fully saturated rings. The van der Waals surface area contributed by atoms with Crippen LogP contribution in [0.25, 0.3) is 10.9 Å². The average Bonchev–Trinajstić information content (AvgIpc) is 2.97. The maximum absolute atomic E-state index is 4.37. The van der Waals surface area contributed by atoms with Crippen LogP contribution in [0, 0.1) is 0 Å². The van der Waals surface area contributed by atoms with Gasteiger partial charge < -0.3 is 5.32 Å². The summed E-state index contributed by atoms with van der Waals surface area (Å²) in [6.07, 6.45) is 5.65. The number of hydrogen-bond donors (Lipinski definition) is 1. The third-order valence-corrected chi connectivity index (χ3v) is 3.13. The fourth-order valence-electron chi connectivity index (χ4n) is 2.16. The molecule has 19 heavy (non-hydrogen) atoms. The summed E-state index contributed by atoms with van der Waals surface area (Å²) in [5.41, 5.74) is 2.33. The third kappa shape index (κ3) is 2.80. The lowest BCUT2D eigenvalue weighted by molar-refractivity contribution is 0.555. The predicted octanol–water partition coefficient (Wildman–Crippen LogP) is 2.22.